The van der Waals surface area contributed by atoms with Gasteiger partial charge in [0.15, 0.2) is 0 Å². The summed E-state index contributed by atoms with van der Waals surface area (Å²) in [5.41, 5.74) is 8.32. The van der Waals surface area contributed by atoms with Crippen molar-refractivity contribution in [2.24, 2.45) is 11.8 Å². The normalized spacial score (nSPS) is 19.9. The fourth-order valence-electron chi connectivity index (χ4n) is 8.77. The number of benzene rings is 2. The van der Waals surface area contributed by atoms with Crippen LogP contribution in [0.15, 0.2) is 48.8 Å². The Morgan fingerprint density at radius 1 is 0.772 bits per heavy atom. The van der Waals surface area contributed by atoms with Crippen molar-refractivity contribution in [3.63, 3.8) is 0 Å². The monoisotopic (exact) mass is 779 g/mol. The van der Waals surface area contributed by atoms with Gasteiger partial charge in [-0.2, -0.15) is 0 Å². The molecule has 57 heavy (non-hydrogen) atoms. The number of carbonyl (C=O) groups is 4. The second-order valence-electron chi connectivity index (χ2n) is 16.2. The number of aromatic nitrogens is 4. The maximum Gasteiger partial charge on any atom is 0.407 e. The Balaban J connectivity index is 1.11. The molecule has 7 rings (SSSR count). The second-order valence-corrected chi connectivity index (χ2v) is 16.2. The van der Waals surface area contributed by atoms with Crippen LogP contribution in [0.5, 0.6) is 0 Å². The summed E-state index contributed by atoms with van der Waals surface area (Å²) in [7, 11) is 5.44. The number of likely N-dealkylation sites (tertiary alicyclic amines) is 2. The van der Waals surface area contributed by atoms with Gasteiger partial charge in [-0.05, 0) is 97.1 Å². The number of methoxy groups -OCH3 is 1. The van der Waals surface area contributed by atoms with Crippen molar-refractivity contribution in [3.8, 4) is 33.6 Å². The molecule has 2 fully saturated rings. The predicted octanol–water partition coefficient (Wildman–Crippen LogP) is 6.10. The SMILES string of the molecule is COC(=O)N[C@H](C(=O)N1CCCC1c1ncc(-c2ccc3c(c2)C(N(C)C)c2cc(-c4cnc([C@@H]5CCCN5C(=O)[C@@H](NC(=O)O)C(C)C)[nH]4)ccc2-3)[nH]1)C(C)C. The predicted molar refractivity (Wildman–Crippen MR) is 214 cm³/mol. The van der Waals surface area contributed by atoms with Gasteiger partial charge >= 0.3 is 12.2 Å². The van der Waals surface area contributed by atoms with Crippen molar-refractivity contribution in [3.05, 3.63) is 71.6 Å². The molecule has 4 aromatic rings. The van der Waals surface area contributed by atoms with Crippen molar-refractivity contribution in [1.82, 2.24) is 45.3 Å². The van der Waals surface area contributed by atoms with Gasteiger partial charge in [-0.25, -0.2) is 19.6 Å². The summed E-state index contributed by atoms with van der Waals surface area (Å²) in [5.74, 6) is 0.710. The highest BCUT2D eigenvalue weighted by atomic mass is 16.5. The molecular formula is C42H53N9O6. The Morgan fingerprint density at radius 2 is 1.23 bits per heavy atom. The van der Waals surface area contributed by atoms with Gasteiger partial charge in [0.05, 0.1) is 49.0 Å². The molecule has 0 bridgehead atoms. The maximum atomic E-state index is 13.7. The van der Waals surface area contributed by atoms with Crippen molar-refractivity contribution < 1.29 is 29.0 Å². The minimum Gasteiger partial charge on any atom is -0.465 e. The van der Waals surface area contributed by atoms with Crippen LogP contribution in [0.25, 0.3) is 33.6 Å². The molecule has 5 atom stereocenters. The summed E-state index contributed by atoms with van der Waals surface area (Å²) in [4.78, 5) is 73.0. The quantitative estimate of drug-likeness (QED) is 0.120. The molecule has 1 aliphatic carbocycles. The van der Waals surface area contributed by atoms with Gasteiger partial charge < -0.3 is 40.2 Å². The van der Waals surface area contributed by atoms with Crippen molar-refractivity contribution in [2.45, 2.75) is 83.6 Å². The lowest BCUT2D eigenvalue weighted by molar-refractivity contribution is -0.136. The minimum absolute atomic E-state index is 0.0180. The van der Waals surface area contributed by atoms with E-state index in [1.165, 1.54) is 18.2 Å². The first kappa shape index (κ1) is 39.5. The third-order valence-electron chi connectivity index (χ3n) is 11.6. The number of imidazole rings is 2. The first-order valence-corrected chi connectivity index (χ1v) is 19.8. The molecule has 302 valence electrons. The number of ether oxygens (including phenoxy) is 1. The molecule has 4 heterocycles. The van der Waals surface area contributed by atoms with E-state index < -0.39 is 24.3 Å². The van der Waals surface area contributed by atoms with Crippen LogP contribution >= 0.6 is 0 Å². The van der Waals surface area contributed by atoms with E-state index >= 15 is 0 Å². The second kappa shape index (κ2) is 16.0. The molecule has 0 saturated carbocycles. The molecule has 2 aliphatic heterocycles. The third-order valence-corrected chi connectivity index (χ3v) is 11.6. The molecule has 5 N–H and O–H groups in total. The van der Waals surface area contributed by atoms with E-state index in [0.29, 0.717) is 18.9 Å². The number of carboxylic acid groups (broad SMARTS) is 1. The Hall–Kier alpha value is -5.70. The number of carbonyl (C=O) groups excluding carboxylic acids is 3. The van der Waals surface area contributed by atoms with Crippen LogP contribution in [-0.2, 0) is 14.3 Å². The van der Waals surface area contributed by atoms with E-state index in [-0.39, 0.29) is 41.8 Å². The first-order valence-electron chi connectivity index (χ1n) is 19.8. The van der Waals surface area contributed by atoms with Gasteiger partial charge in [0, 0.05) is 13.1 Å². The lowest BCUT2D eigenvalue weighted by Crippen LogP contribution is -2.51. The van der Waals surface area contributed by atoms with Crippen LogP contribution in [-0.4, -0.2) is 110 Å². The highest BCUT2D eigenvalue weighted by Crippen LogP contribution is 2.48. The zero-order valence-corrected chi connectivity index (χ0v) is 33.6. The lowest BCUT2D eigenvalue weighted by atomic mass is 10.00. The summed E-state index contributed by atoms with van der Waals surface area (Å²) in [6, 6.07) is 10.9. The topological polar surface area (TPSA) is 189 Å². The maximum absolute atomic E-state index is 13.7. The van der Waals surface area contributed by atoms with E-state index in [1.54, 1.807) is 4.90 Å². The number of nitrogens with zero attached hydrogens (tertiary/aromatic N) is 5. The van der Waals surface area contributed by atoms with Gasteiger partial charge in [-0.15, -0.1) is 0 Å². The molecule has 3 aliphatic rings. The number of hydrogen-bond acceptors (Lipinski definition) is 8. The van der Waals surface area contributed by atoms with Gasteiger partial charge in [0.1, 0.15) is 23.7 Å². The number of nitrogens with one attached hydrogen (secondary N) is 4. The Kier molecular flexibility index (Phi) is 11.1. The smallest absolute Gasteiger partial charge is 0.407 e. The van der Waals surface area contributed by atoms with Crippen LogP contribution in [0.2, 0.25) is 0 Å². The van der Waals surface area contributed by atoms with Crippen LogP contribution in [0, 0.1) is 11.8 Å². The lowest BCUT2D eigenvalue weighted by Gasteiger charge is -2.30. The molecule has 15 heteroatoms. The number of hydrogen-bond donors (Lipinski definition) is 5. The number of alkyl carbamates (subject to hydrolysis) is 1. The Morgan fingerprint density at radius 3 is 1.63 bits per heavy atom. The fraction of sp³-hybridized carbons (Fsp3) is 0.476. The summed E-state index contributed by atoms with van der Waals surface area (Å²) in [6.07, 6.45) is 4.95. The number of rotatable bonds is 11. The van der Waals surface area contributed by atoms with Crippen LogP contribution in [0.1, 0.15) is 94.3 Å². The van der Waals surface area contributed by atoms with E-state index in [0.717, 1.165) is 65.1 Å². The van der Waals surface area contributed by atoms with Gasteiger partial charge in [-0.3, -0.25) is 14.5 Å². The number of aromatic amines is 2. The Labute approximate surface area is 332 Å². The summed E-state index contributed by atoms with van der Waals surface area (Å²) < 4.78 is 4.78. The average Bonchev–Trinajstić information content (AvgIpc) is 4.03. The first-order chi connectivity index (χ1) is 27.3. The third kappa shape index (κ3) is 7.59. The molecule has 2 aromatic carbocycles. The zero-order chi connectivity index (χ0) is 40.7. The minimum atomic E-state index is -1.21. The van der Waals surface area contributed by atoms with E-state index in [2.05, 4.69) is 76.0 Å². The highest BCUT2D eigenvalue weighted by molar-refractivity contribution is 5.87. The molecule has 15 nitrogen and oxygen atoms in total. The summed E-state index contributed by atoms with van der Waals surface area (Å²) in [6.45, 7) is 8.60. The molecule has 2 aromatic heterocycles. The zero-order valence-electron chi connectivity index (χ0n) is 33.6. The van der Waals surface area contributed by atoms with Crippen molar-refractivity contribution in [2.75, 3.05) is 34.3 Å². The number of H-pyrrole nitrogens is 2. The van der Waals surface area contributed by atoms with Crippen molar-refractivity contribution in [1.29, 1.82) is 0 Å². The highest BCUT2D eigenvalue weighted by Gasteiger charge is 2.39. The van der Waals surface area contributed by atoms with Crippen LogP contribution in [0.4, 0.5) is 9.59 Å². The molecular weight excluding hydrogens is 727 g/mol. The number of fused-ring (bicyclic) bond motifs is 3. The van der Waals surface area contributed by atoms with E-state index in [9.17, 15) is 24.3 Å². The molecule has 2 saturated heterocycles. The van der Waals surface area contributed by atoms with E-state index in [4.69, 9.17) is 14.7 Å². The summed E-state index contributed by atoms with van der Waals surface area (Å²) >= 11 is 0. The Bertz CT molecular complexity index is 2160. The average molecular weight is 780 g/mol. The van der Waals surface area contributed by atoms with Crippen LogP contribution < -0.4 is 10.6 Å². The number of amides is 4. The van der Waals surface area contributed by atoms with Crippen LogP contribution in [0.3, 0.4) is 0 Å². The fourth-order valence-corrected chi connectivity index (χ4v) is 8.77. The van der Waals surface area contributed by atoms with Gasteiger partial charge in [0.25, 0.3) is 0 Å². The van der Waals surface area contributed by atoms with Gasteiger partial charge in [0.2, 0.25) is 11.8 Å². The molecule has 2 unspecified atom stereocenters. The van der Waals surface area contributed by atoms with E-state index in [1.807, 2.05) is 45.0 Å². The molecule has 0 spiro atoms. The standard InChI is InChI=1S/C42H53N9O6/c1-22(2)34(47-41(54)55)39(52)50-16-8-10-32(50)37-43-20-30(45-37)24-12-14-26-27-15-13-25(19-29(27)36(49(5)6)28(26)18-24)31-21-44-38(46-31)33-11-9-17-51(33)40(53)35(23(3)4)48-42(56)57-7/h12-15,18-23,32-36,47H,8-11,16-17H2,1-7H3,(H,43,45)(H,44,46)(H,48,56)(H,54,55)/t32-,33?,34-,35-,36?/m0/s1. The van der Waals surface area contributed by atoms with Crippen molar-refractivity contribution >= 4 is 24.0 Å². The largest absolute Gasteiger partial charge is 0.465 e. The molecule has 4 amide bonds. The summed E-state index contributed by atoms with van der Waals surface area (Å²) in [5, 5.41) is 14.5. The molecule has 0 radical (unpaired) electrons. The van der Waals surface area contributed by atoms with Gasteiger partial charge in [-0.1, -0.05) is 52.0 Å².